The predicted molar refractivity (Wildman–Crippen MR) is 110 cm³/mol. The topological polar surface area (TPSA) is 101 Å². The summed E-state index contributed by atoms with van der Waals surface area (Å²) in [6, 6.07) is 6.05. The Kier molecular flexibility index (Phi) is 8.20. The zero-order valence-electron chi connectivity index (χ0n) is 17.1. The molecule has 5 nitrogen and oxygen atoms in total. The lowest BCUT2D eigenvalue weighted by atomic mass is 9.68. The zero-order valence-corrected chi connectivity index (χ0v) is 17.1. The maximum absolute atomic E-state index is 13.1. The number of ketones is 1. The Bertz CT molecular complexity index is 654. The molecule has 1 aliphatic rings. The van der Waals surface area contributed by atoms with E-state index in [4.69, 9.17) is 5.73 Å². The first-order chi connectivity index (χ1) is 13.3. The second-order valence-electron chi connectivity index (χ2n) is 8.76. The lowest BCUT2D eigenvalue weighted by molar-refractivity contribution is -0.140. The molecule has 5 heteroatoms. The van der Waals surface area contributed by atoms with Crippen LogP contribution in [0.25, 0.3) is 0 Å². The third-order valence-electron chi connectivity index (χ3n) is 6.41. The molecule has 0 radical (unpaired) electrons. The van der Waals surface area contributed by atoms with Gasteiger partial charge in [-0.3, -0.25) is 4.79 Å². The Morgan fingerprint density at radius 1 is 1.29 bits per heavy atom. The minimum absolute atomic E-state index is 0.0376. The van der Waals surface area contributed by atoms with Gasteiger partial charge in [0.05, 0.1) is 11.5 Å². The molecule has 0 saturated heterocycles. The Hall–Kier alpha value is -1.72. The summed E-state index contributed by atoms with van der Waals surface area (Å²) >= 11 is 0. The Morgan fingerprint density at radius 2 is 1.96 bits per heavy atom. The minimum Gasteiger partial charge on any atom is -0.508 e. The number of aliphatic hydroxyl groups is 1. The van der Waals surface area contributed by atoms with E-state index in [0.717, 1.165) is 19.3 Å². The summed E-state index contributed by atoms with van der Waals surface area (Å²) in [7, 11) is 0. The van der Waals surface area contributed by atoms with Crippen molar-refractivity contribution in [1.29, 1.82) is 0 Å². The number of benzene rings is 1. The molecule has 1 saturated carbocycles. The molecule has 0 heterocycles. The fourth-order valence-electron chi connectivity index (χ4n) is 4.40. The number of nitrogens with two attached hydrogens (primary N) is 1. The number of aromatic hydroxyl groups is 1. The molecular formula is C23H35NO4. The van der Waals surface area contributed by atoms with Gasteiger partial charge in [-0.2, -0.15) is 0 Å². The smallest absolute Gasteiger partial charge is 0.150 e. The van der Waals surface area contributed by atoms with Crippen molar-refractivity contribution >= 4 is 12.1 Å². The number of hydrogen-bond acceptors (Lipinski definition) is 5. The highest BCUT2D eigenvalue weighted by Gasteiger charge is 2.43. The SMILES string of the molecule is CC(C)[C@](C=O)(C[C@H](O)[C@@H](N)CC1CCCCC1)C(=O)Cc1cccc(O)c1. The highest BCUT2D eigenvalue weighted by molar-refractivity contribution is 5.99. The van der Waals surface area contributed by atoms with E-state index in [-0.39, 0.29) is 30.3 Å². The molecule has 0 aromatic heterocycles. The second-order valence-corrected chi connectivity index (χ2v) is 8.76. The molecule has 3 atom stereocenters. The average molecular weight is 390 g/mol. The van der Waals surface area contributed by atoms with Gasteiger partial charge < -0.3 is 20.7 Å². The number of carbonyl (C=O) groups excluding carboxylic acids is 2. The fourth-order valence-corrected chi connectivity index (χ4v) is 4.40. The molecule has 1 fully saturated rings. The molecular weight excluding hydrogens is 354 g/mol. The van der Waals surface area contributed by atoms with Gasteiger partial charge in [-0.15, -0.1) is 0 Å². The molecule has 0 spiro atoms. The number of aliphatic hydroxyl groups excluding tert-OH is 1. The van der Waals surface area contributed by atoms with Gasteiger partial charge in [0.15, 0.2) is 5.78 Å². The van der Waals surface area contributed by atoms with E-state index in [1.807, 2.05) is 13.8 Å². The maximum atomic E-state index is 13.1. The van der Waals surface area contributed by atoms with E-state index in [9.17, 15) is 19.8 Å². The first-order valence-corrected chi connectivity index (χ1v) is 10.5. The van der Waals surface area contributed by atoms with Gasteiger partial charge in [-0.25, -0.2) is 0 Å². The molecule has 28 heavy (non-hydrogen) atoms. The number of aldehydes is 1. The van der Waals surface area contributed by atoms with Crippen molar-refractivity contribution in [3.63, 3.8) is 0 Å². The van der Waals surface area contributed by atoms with Gasteiger partial charge >= 0.3 is 0 Å². The summed E-state index contributed by atoms with van der Waals surface area (Å²) in [6.45, 7) is 3.66. The van der Waals surface area contributed by atoms with Gasteiger partial charge in [0.2, 0.25) is 0 Å². The number of phenols is 1. The summed E-state index contributed by atoms with van der Waals surface area (Å²) in [5.74, 6) is 0.102. The van der Waals surface area contributed by atoms with Crippen molar-refractivity contribution in [2.45, 2.75) is 77.4 Å². The van der Waals surface area contributed by atoms with Crippen LogP contribution in [0, 0.1) is 17.3 Å². The van der Waals surface area contributed by atoms with Gasteiger partial charge in [-0.1, -0.05) is 58.1 Å². The molecule has 0 unspecified atom stereocenters. The largest absolute Gasteiger partial charge is 0.508 e. The van der Waals surface area contributed by atoms with Crippen molar-refractivity contribution in [3.8, 4) is 5.75 Å². The number of rotatable bonds is 10. The van der Waals surface area contributed by atoms with Gasteiger partial charge in [0.25, 0.3) is 0 Å². The third kappa shape index (κ3) is 5.65. The van der Waals surface area contributed by atoms with E-state index in [2.05, 4.69) is 0 Å². The first-order valence-electron chi connectivity index (χ1n) is 10.5. The van der Waals surface area contributed by atoms with Crippen LogP contribution in [-0.2, 0) is 16.0 Å². The first kappa shape index (κ1) is 22.6. The Balaban J connectivity index is 2.09. The van der Waals surface area contributed by atoms with Gasteiger partial charge in [0, 0.05) is 12.5 Å². The van der Waals surface area contributed by atoms with E-state index in [1.165, 1.54) is 31.4 Å². The van der Waals surface area contributed by atoms with Crippen LogP contribution in [0.5, 0.6) is 5.75 Å². The van der Waals surface area contributed by atoms with Crippen LogP contribution in [0.2, 0.25) is 0 Å². The summed E-state index contributed by atoms with van der Waals surface area (Å²) in [5, 5.41) is 20.4. The molecule has 0 amide bonds. The average Bonchev–Trinajstić information content (AvgIpc) is 2.66. The monoisotopic (exact) mass is 389 g/mol. The quantitative estimate of drug-likeness (QED) is 0.421. The molecule has 156 valence electrons. The van der Waals surface area contributed by atoms with Crippen molar-refractivity contribution in [2.75, 3.05) is 0 Å². The molecule has 4 N–H and O–H groups in total. The molecule has 1 aliphatic carbocycles. The van der Waals surface area contributed by atoms with E-state index in [1.54, 1.807) is 12.1 Å². The van der Waals surface area contributed by atoms with E-state index in [0.29, 0.717) is 17.8 Å². The number of carbonyl (C=O) groups is 2. The summed E-state index contributed by atoms with van der Waals surface area (Å²) in [6.07, 6.45) is 6.56. The summed E-state index contributed by atoms with van der Waals surface area (Å²) in [5.41, 5.74) is 5.64. The Labute approximate surface area is 168 Å². The standard InChI is InChI=1S/C23H35NO4/c1-16(2)23(15-25,22(28)13-18-9-6-10-19(26)11-18)14-21(27)20(24)12-17-7-4-3-5-8-17/h6,9-11,15-17,20-21,26-27H,3-5,7-8,12-14,24H2,1-2H3/t20-,21-,23+/m0/s1. The second kappa shape index (κ2) is 10.2. The van der Waals surface area contributed by atoms with Crippen LogP contribution >= 0.6 is 0 Å². The maximum Gasteiger partial charge on any atom is 0.150 e. The number of hydrogen-bond donors (Lipinski definition) is 3. The number of Topliss-reactive ketones (excluding diaryl/α,β-unsaturated/α-hetero) is 1. The molecule has 0 bridgehead atoms. The number of phenolic OH excluding ortho intramolecular Hbond substituents is 1. The van der Waals surface area contributed by atoms with Gasteiger partial charge in [0.1, 0.15) is 12.0 Å². The normalized spacial score (nSPS) is 19.8. The zero-order chi connectivity index (χ0) is 20.7. The van der Waals surface area contributed by atoms with Crippen LogP contribution in [-0.4, -0.2) is 34.4 Å². The van der Waals surface area contributed by atoms with Crippen molar-refractivity contribution in [1.82, 2.24) is 0 Å². The van der Waals surface area contributed by atoms with E-state index < -0.39 is 17.6 Å². The van der Waals surface area contributed by atoms with Gasteiger partial charge in [-0.05, 0) is 42.4 Å². The van der Waals surface area contributed by atoms with E-state index >= 15 is 0 Å². The van der Waals surface area contributed by atoms with Crippen molar-refractivity contribution < 1.29 is 19.8 Å². The fraction of sp³-hybridized carbons (Fsp3) is 0.652. The lowest BCUT2D eigenvalue weighted by Crippen LogP contribution is -2.47. The third-order valence-corrected chi connectivity index (χ3v) is 6.41. The van der Waals surface area contributed by atoms with Crippen molar-refractivity contribution in [2.24, 2.45) is 23.0 Å². The summed E-state index contributed by atoms with van der Waals surface area (Å²) < 4.78 is 0. The van der Waals surface area contributed by atoms with Crippen molar-refractivity contribution in [3.05, 3.63) is 29.8 Å². The molecule has 1 aromatic rings. The molecule has 1 aromatic carbocycles. The highest BCUT2D eigenvalue weighted by Crippen LogP contribution is 2.35. The van der Waals surface area contributed by atoms with Crippen LogP contribution in [0.1, 0.15) is 64.4 Å². The summed E-state index contributed by atoms with van der Waals surface area (Å²) in [4.78, 5) is 25.2. The molecule has 0 aliphatic heterocycles. The predicted octanol–water partition coefficient (Wildman–Crippen LogP) is 3.39. The van der Waals surface area contributed by atoms with Crippen LogP contribution in [0.15, 0.2) is 24.3 Å². The van der Waals surface area contributed by atoms with Crippen LogP contribution < -0.4 is 5.73 Å². The highest BCUT2D eigenvalue weighted by atomic mass is 16.3. The lowest BCUT2D eigenvalue weighted by Gasteiger charge is -2.35. The Morgan fingerprint density at radius 3 is 2.54 bits per heavy atom. The van der Waals surface area contributed by atoms with Crippen LogP contribution in [0.3, 0.4) is 0 Å². The molecule has 2 rings (SSSR count). The van der Waals surface area contributed by atoms with Crippen LogP contribution in [0.4, 0.5) is 0 Å². The minimum atomic E-state index is -1.28.